The highest BCUT2D eigenvalue weighted by atomic mass is 14.7. The van der Waals surface area contributed by atoms with E-state index in [-0.39, 0.29) is 0 Å². The van der Waals surface area contributed by atoms with Gasteiger partial charge in [-0.1, -0.05) is 140 Å². The Morgan fingerprint density at radius 1 is 0.311 bits per heavy atom. The summed E-state index contributed by atoms with van der Waals surface area (Å²) in [5.74, 6) is 0. The van der Waals surface area contributed by atoms with E-state index < -0.39 is 0 Å². The Labute approximate surface area is 260 Å². The second kappa shape index (κ2) is 9.29. The number of hydrogen-bond donors (Lipinski definition) is 1. The quantitative estimate of drug-likeness (QED) is 0.157. The predicted octanol–water partition coefficient (Wildman–Crippen LogP) is 12.4. The second-order valence-electron chi connectivity index (χ2n) is 12.1. The Morgan fingerprint density at radius 3 is 1.42 bits per heavy atom. The van der Waals surface area contributed by atoms with Crippen molar-refractivity contribution in [2.45, 2.75) is 0 Å². The van der Waals surface area contributed by atoms with Crippen molar-refractivity contribution in [1.82, 2.24) is 4.98 Å². The number of benzene rings is 9. The molecule has 10 aromatic rings. The zero-order valence-electron chi connectivity index (χ0n) is 24.5. The first-order valence-electron chi connectivity index (χ1n) is 15.6. The highest BCUT2D eigenvalue weighted by Gasteiger charge is 2.19. The van der Waals surface area contributed by atoms with Crippen molar-refractivity contribution in [3.8, 4) is 22.3 Å². The molecule has 0 aliphatic heterocycles. The zero-order valence-corrected chi connectivity index (χ0v) is 24.5. The van der Waals surface area contributed by atoms with Crippen molar-refractivity contribution in [2.24, 2.45) is 0 Å². The molecule has 0 spiro atoms. The minimum atomic E-state index is 1.16. The van der Waals surface area contributed by atoms with E-state index in [0.717, 1.165) is 5.52 Å². The topological polar surface area (TPSA) is 15.8 Å². The van der Waals surface area contributed by atoms with Crippen LogP contribution >= 0.6 is 0 Å². The van der Waals surface area contributed by atoms with Gasteiger partial charge in [0.15, 0.2) is 0 Å². The van der Waals surface area contributed by atoms with Crippen molar-refractivity contribution in [3.05, 3.63) is 158 Å². The smallest absolute Gasteiger partial charge is 0.0551 e. The average molecular weight is 570 g/mol. The fourth-order valence-corrected chi connectivity index (χ4v) is 7.80. The van der Waals surface area contributed by atoms with E-state index in [2.05, 4.69) is 163 Å². The van der Waals surface area contributed by atoms with Gasteiger partial charge in [0.1, 0.15) is 0 Å². The van der Waals surface area contributed by atoms with Gasteiger partial charge in [-0.3, -0.25) is 0 Å². The van der Waals surface area contributed by atoms with Gasteiger partial charge in [-0.05, 0) is 88.9 Å². The molecular formula is C44H27N. The normalized spacial score (nSPS) is 12.0. The summed E-state index contributed by atoms with van der Waals surface area (Å²) in [6.07, 6.45) is 0. The summed E-state index contributed by atoms with van der Waals surface area (Å²) >= 11 is 0. The molecule has 0 amide bonds. The molecule has 0 radical (unpaired) electrons. The van der Waals surface area contributed by atoms with Crippen molar-refractivity contribution in [3.63, 3.8) is 0 Å². The van der Waals surface area contributed by atoms with Gasteiger partial charge in [0.25, 0.3) is 0 Å². The predicted molar refractivity (Wildman–Crippen MR) is 194 cm³/mol. The van der Waals surface area contributed by atoms with Crippen LogP contribution in [0.2, 0.25) is 0 Å². The summed E-state index contributed by atoms with van der Waals surface area (Å²) in [5.41, 5.74) is 7.43. The van der Waals surface area contributed by atoms with Crippen molar-refractivity contribution >= 4 is 75.7 Å². The molecule has 208 valence electrons. The number of fused-ring (bicyclic) bond motifs is 11. The van der Waals surface area contributed by atoms with Gasteiger partial charge in [-0.15, -0.1) is 0 Å². The van der Waals surface area contributed by atoms with E-state index in [4.69, 9.17) is 0 Å². The van der Waals surface area contributed by atoms with E-state index >= 15 is 0 Å². The first-order chi connectivity index (χ1) is 22.3. The number of aromatic amines is 1. The van der Waals surface area contributed by atoms with Crippen LogP contribution in [0.4, 0.5) is 0 Å². The minimum absolute atomic E-state index is 1.16. The van der Waals surface area contributed by atoms with Gasteiger partial charge in [0.05, 0.1) is 5.52 Å². The van der Waals surface area contributed by atoms with E-state index in [1.54, 1.807) is 0 Å². The lowest BCUT2D eigenvalue weighted by Gasteiger charge is -2.18. The fraction of sp³-hybridized carbons (Fsp3) is 0. The molecule has 0 aliphatic rings. The van der Waals surface area contributed by atoms with Crippen molar-refractivity contribution in [1.29, 1.82) is 0 Å². The number of aromatic nitrogens is 1. The van der Waals surface area contributed by atoms with Crippen LogP contribution in [-0.4, -0.2) is 4.98 Å². The van der Waals surface area contributed by atoms with Gasteiger partial charge in [-0.2, -0.15) is 0 Å². The van der Waals surface area contributed by atoms with Crippen LogP contribution in [0.5, 0.6) is 0 Å². The van der Waals surface area contributed by atoms with E-state index in [9.17, 15) is 0 Å². The van der Waals surface area contributed by atoms with Gasteiger partial charge in [-0.25, -0.2) is 0 Å². The Kier molecular flexibility index (Phi) is 5.06. The van der Waals surface area contributed by atoms with E-state index in [0.29, 0.717) is 0 Å². The van der Waals surface area contributed by atoms with Gasteiger partial charge in [0.2, 0.25) is 0 Å². The molecular weight excluding hydrogens is 542 g/mol. The third kappa shape index (κ3) is 3.50. The monoisotopic (exact) mass is 569 g/mol. The lowest BCUT2D eigenvalue weighted by atomic mass is 9.85. The largest absolute Gasteiger partial charge is 0.354 e. The molecule has 0 saturated carbocycles. The molecule has 0 unspecified atom stereocenters. The summed E-state index contributed by atoms with van der Waals surface area (Å²) in [6.45, 7) is 0. The molecule has 1 N–H and O–H groups in total. The third-order valence-corrected chi connectivity index (χ3v) is 9.74. The van der Waals surface area contributed by atoms with Gasteiger partial charge in [0, 0.05) is 21.7 Å². The zero-order chi connectivity index (χ0) is 29.5. The number of H-pyrrole nitrogens is 1. The molecule has 0 atom stereocenters. The Morgan fingerprint density at radius 2 is 0.778 bits per heavy atom. The van der Waals surface area contributed by atoms with Crippen LogP contribution in [0.25, 0.3) is 97.9 Å². The average Bonchev–Trinajstić information content (AvgIpc) is 3.50. The standard InChI is InChI=1S/C44H27N/c1-2-12-28-25-29(22-21-27(28)11-1)41-34-16-6-8-18-36(34)42(37-19-9-7-17-35(37)41)30-23-24-40-39(26-30)43-33-15-5-3-13-31(33)32-14-4-10-20-38(32)44(43)45-40/h1-26,45H. The van der Waals surface area contributed by atoms with Crippen LogP contribution in [0.15, 0.2) is 158 Å². The maximum absolute atomic E-state index is 3.81. The Hall–Kier alpha value is -5.92. The molecule has 10 rings (SSSR count). The Bertz CT molecular complexity index is 2760. The summed E-state index contributed by atoms with van der Waals surface area (Å²) < 4.78 is 0. The molecule has 45 heavy (non-hydrogen) atoms. The molecule has 1 aromatic heterocycles. The van der Waals surface area contributed by atoms with Crippen LogP contribution in [-0.2, 0) is 0 Å². The van der Waals surface area contributed by atoms with Crippen LogP contribution in [0, 0.1) is 0 Å². The third-order valence-electron chi connectivity index (χ3n) is 9.74. The fourth-order valence-electron chi connectivity index (χ4n) is 7.80. The number of nitrogens with one attached hydrogen (secondary N) is 1. The van der Waals surface area contributed by atoms with Crippen molar-refractivity contribution in [2.75, 3.05) is 0 Å². The summed E-state index contributed by atoms with van der Waals surface area (Å²) in [6, 6.07) is 58.0. The summed E-state index contributed by atoms with van der Waals surface area (Å²) in [4.78, 5) is 3.81. The second-order valence-corrected chi connectivity index (χ2v) is 12.1. The SMILES string of the molecule is c1ccc2cc(-c3c4ccccc4c(-c4ccc5[nH]c6c7ccccc7c7ccccc7c6c5c4)c4ccccc34)ccc2c1. The van der Waals surface area contributed by atoms with E-state index in [1.165, 1.54) is 92.4 Å². The molecule has 9 aromatic carbocycles. The molecule has 0 bridgehead atoms. The number of hydrogen-bond acceptors (Lipinski definition) is 0. The van der Waals surface area contributed by atoms with Crippen LogP contribution in [0.1, 0.15) is 0 Å². The lowest BCUT2D eigenvalue weighted by Crippen LogP contribution is -1.91. The molecule has 0 fully saturated rings. The molecule has 1 heterocycles. The van der Waals surface area contributed by atoms with E-state index in [1.807, 2.05) is 0 Å². The van der Waals surface area contributed by atoms with Crippen LogP contribution < -0.4 is 0 Å². The maximum Gasteiger partial charge on any atom is 0.0551 e. The highest BCUT2D eigenvalue weighted by Crippen LogP contribution is 2.46. The van der Waals surface area contributed by atoms with Crippen molar-refractivity contribution < 1.29 is 0 Å². The summed E-state index contributed by atoms with van der Waals surface area (Å²) in [5, 5.41) is 15.3. The first-order valence-corrected chi connectivity index (χ1v) is 15.6. The first kappa shape index (κ1) is 24.5. The summed E-state index contributed by atoms with van der Waals surface area (Å²) in [7, 11) is 0. The molecule has 0 aliphatic carbocycles. The number of rotatable bonds is 2. The maximum atomic E-state index is 3.81. The molecule has 0 saturated heterocycles. The lowest BCUT2D eigenvalue weighted by molar-refractivity contribution is 1.56. The van der Waals surface area contributed by atoms with Gasteiger partial charge >= 0.3 is 0 Å². The highest BCUT2D eigenvalue weighted by molar-refractivity contribution is 6.32. The Balaban J connectivity index is 1.32. The van der Waals surface area contributed by atoms with Crippen LogP contribution in [0.3, 0.4) is 0 Å². The van der Waals surface area contributed by atoms with Gasteiger partial charge < -0.3 is 4.98 Å². The molecule has 1 heteroatoms. The minimum Gasteiger partial charge on any atom is -0.354 e. The molecule has 1 nitrogen and oxygen atoms in total.